The zero-order valence-corrected chi connectivity index (χ0v) is 16.0. The molecule has 0 bridgehead atoms. The summed E-state index contributed by atoms with van der Waals surface area (Å²) < 4.78 is 15.2. The summed E-state index contributed by atoms with van der Waals surface area (Å²) in [6.45, 7) is 5.85. The van der Waals surface area contributed by atoms with Crippen LogP contribution < -0.4 is 5.32 Å². The third-order valence-corrected chi connectivity index (χ3v) is 4.57. The second kappa shape index (κ2) is 8.06. The molecule has 4 aromatic rings. The van der Waals surface area contributed by atoms with E-state index in [0.717, 1.165) is 11.1 Å². The van der Waals surface area contributed by atoms with E-state index >= 15 is 0 Å². The fourth-order valence-electron chi connectivity index (χ4n) is 3.05. The van der Waals surface area contributed by atoms with Gasteiger partial charge in [0.25, 0.3) is 0 Å². The van der Waals surface area contributed by atoms with Gasteiger partial charge >= 0.3 is 0 Å². The molecule has 0 unspecified atom stereocenters. The van der Waals surface area contributed by atoms with E-state index in [0.29, 0.717) is 23.3 Å². The number of aromatic nitrogens is 4. The number of rotatable bonds is 6. The van der Waals surface area contributed by atoms with Crippen LogP contribution in [0.4, 0.5) is 10.3 Å². The monoisotopic (exact) mass is 385 g/mol. The Morgan fingerprint density at radius 1 is 1.03 bits per heavy atom. The molecule has 1 N–H and O–H groups in total. The lowest BCUT2D eigenvalue weighted by molar-refractivity contribution is 0.628. The van der Waals surface area contributed by atoms with Crippen LogP contribution in [0, 0.1) is 5.82 Å². The molecule has 4 rings (SSSR count). The normalized spacial score (nSPS) is 11.8. The minimum atomic E-state index is -0.292. The maximum atomic E-state index is 13.3. The fraction of sp³-hybridized carbons (Fsp3) is 0.0870. The van der Waals surface area contributed by atoms with Gasteiger partial charge in [0.05, 0.1) is 11.7 Å². The van der Waals surface area contributed by atoms with E-state index in [2.05, 4.69) is 45.9 Å². The Morgan fingerprint density at radius 2 is 1.79 bits per heavy atom. The number of nitrogens with zero attached hydrogens (tertiary/aromatic N) is 4. The second-order valence-corrected chi connectivity index (χ2v) is 6.59. The van der Waals surface area contributed by atoms with Crippen molar-refractivity contribution in [3.05, 3.63) is 96.7 Å². The maximum Gasteiger partial charge on any atom is 0.225 e. The zero-order valence-electron chi connectivity index (χ0n) is 16.0. The van der Waals surface area contributed by atoms with Crippen LogP contribution in [0.25, 0.3) is 23.3 Å². The molecule has 0 aliphatic heterocycles. The van der Waals surface area contributed by atoms with Crippen molar-refractivity contribution in [1.29, 1.82) is 0 Å². The fourth-order valence-corrected chi connectivity index (χ4v) is 3.05. The molecule has 0 aliphatic rings. The molecular formula is C23H20FN5. The first-order valence-electron chi connectivity index (χ1n) is 9.26. The van der Waals surface area contributed by atoms with Crippen LogP contribution in [-0.2, 0) is 0 Å². The van der Waals surface area contributed by atoms with Crippen molar-refractivity contribution in [3.63, 3.8) is 0 Å². The average Bonchev–Trinajstić information content (AvgIpc) is 3.20. The van der Waals surface area contributed by atoms with E-state index < -0.39 is 0 Å². The topological polar surface area (TPSA) is 55.6 Å². The van der Waals surface area contributed by atoms with Crippen LogP contribution >= 0.6 is 0 Å². The van der Waals surface area contributed by atoms with E-state index in [1.165, 1.54) is 12.1 Å². The molecule has 0 radical (unpaired) electrons. The van der Waals surface area contributed by atoms with Crippen LogP contribution in [0.2, 0.25) is 0 Å². The first-order valence-corrected chi connectivity index (χ1v) is 9.26. The maximum absolute atomic E-state index is 13.3. The first-order chi connectivity index (χ1) is 14.1. The summed E-state index contributed by atoms with van der Waals surface area (Å²) in [5.41, 5.74) is 2.63. The van der Waals surface area contributed by atoms with Crippen LogP contribution in [0.3, 0.4) is 0 Å². The molecule has 0 amide bonds. The molecule has 5 nitrogen and oxygen atoms in total. The SMILES string of the molecule is C=Cc1cn(-c2ccnc(N[C@@H](C)c3ccccc3)n2)c(-c2ccc(F)cc2)n1. The molecule has 2 aromatic heterocycles. The van der Waals surface area contributed by atoms with Gasteiger partial charge in [0.2, 0.25) is 5.95 Å². The van der Waals surface area contributed by atoms with E-state index in [1.54, 1.807) is 30.5 Å². The second-order valence-electron chi connectivity index (χ2n) is 6.59. The van der Waals surface area contributed by atoms with Crippen molar-refractivity contribution in [2.24, 2.45) is 0 Å². The van der Waals surface area contributed by atoms with Gasteiger partial charge in [0.1, 0.15) is 17.5 Å². The van der Waals surface area contributed by atoms with Crippen LogP contribution in [0.5, 0.6) is 0 Å². The lowest BCUT2D eigenvalue weighted by Gasteiger charge is -2.15. The molecule has 0 spiro atoms. The highest BCUT2D eigenvalue weighted by molar-refractivity contribution is 5.61. The Morgan fingerprint density at radius 3 is 2.52 bits per heavy atom. The summed E-state index contributed by atoms with van der Waals surface area (Å²) in [5.74, 6) is 1.53. The van der Waals surface area contributed by atoms with Gasteiger partial charge in [-0.3, -0.25) is 4.57 Å². The number of benzene rings is 2. The van der Waals surface area contributed by atoms with E-state index in [1.807, 2.05) is 29.0 Å². The van der Waals surface area contributed by atoms with Gasteiger partial charge in [-0.25, -0.2) is 14.4 Å². The van der Waals surface area contributed by atoms with Crippen molar-refractivity contribution in [3.8, 4) is 17.2 Å². The standard InChI is InChI=1S/C23H20FN5/c1-3-20-15-29(22(27-20)18-9-11-19(24)12-10-18)21-13-14-25-23(28-21)26-16(2)17-7-5-4-6-8-17/h3-16H,1H2,2H3,(H,25,26,28)/t16-/m0/s1. The summed E-state index contributed by atoms with van der Waals surface area (Å²) >= 11 is 0. The smallest absolute Gasteiger partial charge is 0.225 e. The largest absolute Gasteiger partial charge is 0.348 e. The number of anilines is 1. The molecule has 6 heteroatoms. The summed E-state index contributed by atoms with van der Waals surface area (Å²) in [4.78, 5) is 13.6. The van der Waals surface area contributed by atoms with Crippen molar-refractivity contribution in [2.45, 2.75) is 13.0 Å². The van der Waals surface area contributed by atoms with Gasteiger partial charge in [-0.2, -0.15) is 4.98 Å². The number of hydrogen-bond acceptors (Lipinski definition) is 4. The van der Waals surface area contributed by atoms with Crippen LogP contribution in [-0.4, -0.2) is 19.5 Å². The number of nitrogens with one attached hydrogen (secondary N) is 1. The van der Waals surface area contributed by atoms with Gasteiger partial charge in [-0.15, -0.1) is 0 Å². The highest BCUT2D eigenvalue weighted by Crippen LogP contribution is 2.24. The number of imidazole rings is 1. The lowest BCUT2D eigenvalue weighted by Crippen LogP contribution is -2.10. The Kier molecular flexibility index (Phi) is 5.16. The summed E-state index contributed by atoms with van der Waals surface area (Å²) in [6, 6.07) is 18.2. The molecule has 2 aromatic carbocycles. The Hall–Kier alpha value is -3.80. The molecule has 144 valence electrons. The van der Waals surface area contributed by atoms with E-state index in [4.69, 9.17) is 0 Å². The quantitative estimate of drug-likeness (QED) is 0.490. The minimum absolute atomic E-state index is 0.0505. The van der Waals surface area contributed by atoms with Crippen LogP contribution in [0.1, 0.15) is 24.2 Å². The Balaban J connectivity index is 1.68. The van der Waals surface area contributed by atoms with Crippen LogP contribution in [0.15, 0.2) is 79.6 Å². The molecule has 2 heterocycles. The van der Waals surface area contributed by atoms with Gasteiger partial charge < -0.3 is 5.32 Å². The molecule has 0 fully saturated rings. The van der Waals surface area contributed by atoms with Crippen molar-refractivity contribution in [2.75, 3.05) is 5.32 Å². The summed E-state index contributed by atoms with van der Waals surface area (Å²) in [7, 11) is 0. The average molecular weight is 385 g/mol. The highest BCUT2D eigenvalue weighted by atomic mass is 19.1. The minimum Gasteiger partial charge on any atom is -0.348 e. The Bertz CT molecular complexity index is 1120. The summed E-state index contributed by atoms with van der Waals surface area (Å²) in [5, 5.41) is 3.33. The van der Waals surface area contributed by atoms with Crippen molar-refractivity contribution < 1.29 is 4.39 Å². The molecule has 29 heavy (non-hydrogen) atoms. The molecule has 0 aliphatic carbocycles. The number of halogens is 1. The van der Waals surface area contributed by atoms with E-state index in [-0.39, 0.29) is 11.9 Å². The van der Waals surface area contributed by atoms with E-state index in [9.17, 15) is 4.39 Å². The predicted molar refractivity (Wildman–Crippen MR) is 113 cm³/mol. The van der Waals surface area contributed by atoms with Crippen molar-refractivity contribution in [1.82, 2.24) is 19.5 Å². The van der Waals surface area contributed by atoms with Gasteiger partial charge in [-0.1, -0.05) is 36.9 Å². The first kappa shape index (κ1) is 18.6. The molecule has 0 saturated heterocycles. The van der Waals surface area contributed by atoms with Crippen molar-refractivity contribution >= 4 is 12.0 Å². The Labute approximate surface area is 168 Å². The predicted octanol–water partition coefficient (Wildman–Crippen LogP) is 5.28. The zero-order chi connectivity index (χ0) is 20.2. The van der Waals surface area contributed by atoms with Gasteiger partial charge in [0.15, 0.2) is 0 Å². The van der Waals surface area contributed by atoms with Gasteiger partial charge in [-0.05, 0) is 48.9 Å². The summed E-state index contributed by atoms with van der Waals surface area (Å²) in [6.07, 6.45) is 5.21. The lowest BCUT2D eigenvalue weighted by atomic mass is 10.1. The van der Waals surface area contributed by atoms with Gasteiger partial charge in [0, 0.05) is 18.0 Å². The third-order valence-electron chi connectivity index (χ3n) is 4.57. The third kappa shape index (κ3) is 4.06. The molecular weight excluding hydrogens is 365 g/mol. The number of hydrogen-bond donors (Lipinski definition) is 1. The molecule has 0 saturated carbocycles. The highest BCUT2D eigenvalue weighted by Gasteiger charge is 2.13. The molecule has 1 atom stereocenters.